The summed E-state index contributed by atoms with van der Waals surface area (Å²) in [7, 11) is 1.60. The summed E-state index contributed by atoms with van der Waals surface area (Å²) in [5.41, 5.74) is 1.76. The van der Waals surface area contributed by atoms with Crippen LogP contribution in [0.4, 0.5) is 0 Å². The minimum atomic E-state index is -0.574. The van der Waals surface area contributed by atoms with Gasteiger partial charge in [-0.2, -0.15) is 0 Å². The van der Waals surface area contributed by atoms with Gasteiger partial charge in [0.05, 0.1) is 13.4 Å². The molecule has 1 aromatic carbocycles. The van der Waals surface area contributed by atoms with Gasteiger partial charge in [0.2, 0.25) is 11.8 Å². The summed E-state index contributed by atoms with van der Waals surface area (Å²) in [5, 5.41) is 5.56. The number of methoxy groups -OCH3 is 1. The number of benzene rings is 1. The number of ether oxygens (including phenoxy) is 1. The summed E-state index contributed by atoms with van der Waals surface area (Å²) in [6.45, 7) is 0. The first-order valence-electron chi connectivity index (χ1n) is 7.36. The van der Waals surface area contributed by atoms with Gasteiger partial charge in [0.25, 0.3) is 0 Å². The number of carbonyl (C=O) groups is 2. The number of H-pyrrole nitrogens is 1. The Bertz CT molecular complexity index is 682. The van der Waals surface area contributed by atoms with Crippen LogP contribution in [0.15, 0.2) is 36.8 Å². The summed E-state index contributed by atoms with van der Waals surface area (Å²) in [6, 6.07) is 6.30. The molecule has 7 heteroatoms. The van der Waals surface area contributed by atoms with E-state index >= 15 is 0 Å². The topological polar surface area (TPSA) is 96.1 Å². The van der Waals surface area contributed by atoms with Gasteiger partial charge in [0.1, 0.15) is 17.8 Å². The van der Waals surface area contributed by atoms with Crippen molar-refractivity contribution in [3.05, 3.63) is 48.0 Å². The summed E-state index contributed by atoms with van der Waals surface area (Å²) < 4.78 is 5.10. The molecule has 2 aromatic rings. The summed E-state index contributed by atoms with van der Waals surface area (Å²) in [4.78, 5) is 31.3. The Morgan fingerprint density at radius 1 is 1.04 bits per heavy atom. The Kier molecular flexibility index (Phi) is 4.27. The van der Waals surface area contributed by atoms with Crippen molar-refractivity contribution in [1.29, 1.82) is 0 Å². The van der Waals surface area contributed by atoms with Crippen LogP contribution in [0.2, 0.25) is 0 Å². The highest BCUT2D eigenvalue weighted by Crippen LogP contribution is 2.14. The predicted molar refractivity (Wildman–Crippen MR) is 82.9 cm³/mol. The fourth-order valence-corrected chi connectivity index (χ4v) is 2.58. The second kappa shape index (κ2) is 6.51. The van der Waals surface area contributed by atoms with Crippen molar-refractivity contribution >= 4 is 11.8 Å². The minimum Gasteiger partial charge on any atom is -0.497 e. The highest BCUT2D eigenvalue weighted by Gasteiger charge is 2.33. The first-order valence-corrected chi connectivity index (χ1v) is 7.36. The molecule has 0 bridgehead atoms. The predicted octanol–water partition coefficient (Wildman–Crippen LogP) is 0.187. The third-order valence-corrected chi connectivity index (χ3v) is 3.84. The van der Waals surface area contributed by atoms with E-state index in [4.69, 9.17) is 4.74 Å². The molecule has 1 aromatic heterocycles. The van der Waals surface area contributed by atoms with Crippen LogP contribution in [0.25, 0.3) is 0 Å². The number of rotatable bonds is 5. The van der Waals surface area contributed by atoms with Crippen LogP contribution in [0.1, 0.15) is 11.3 Å². The number of aromatic nitrogens is 2. The van der Waals surface area contributed by atoms with E-state index < -0.39 is 12.1 Å². The molecule has 23 heavy (non-hydrogen) atoms. The average Bonchev–Trinajstić information content (AvgIpc) is 3.06. The maximum atomic E-state index is 12.2. The maximum absolute atomic E-state index is 12.2. The Morgan fingerprint density at radius 3 is 2.26 bits per heavy atom. The van der Waals surface area contributed by atoms with Crippen LogP contribution in [-0.4, -0.2) is 41.0 Å². The maximum Gasteiger partial charge on any atom is 0.243 e. The molecule has 0 saturated carbocycles. The lowest BCUT2D eigenvalue weighted by molar-refractivity contribution is -0.136. The molecular weight excluding hydrogens is 296 g/mol. The van der Waals surface area contributed by atoms with Crippen molar-refractivity contribution in [2.45, 2.75) is 24.9 Å². The summed E-state index contributed by atoms with van der Waals surface area (Å²) in [5.74, 6) is 0.396. The van der Waals surface area contributed by atoms with E-state index in [0.717, 1.165) is 17.0 Å². The van der Waals surface area contributed by atoms with E-state index in [1.54, 1.807) is 19.6 Å². The molecule has 3 rings (SSSR count). The monoisotopic (exact) mass is 314 g/mol. The highest BCUT2D eigenvalue weighted by molar-refractivity contribution is 5.97. The molecule has 120 valence electrons. The van der Waals surface area contributed by atoms with Crippen LogP contribution >= 0.6 is 0 Å². The van der Waals surface area contributed by atoms with Crippen molar-refractivity contribution in [1.82, 2.24) is 20.6 Å². The van der Waals surface area contributed by atoms with Crippen LogP contribution in [0.5, 0.6) is 5.75 Å². The fourth-order valence-electron chi connectivity index (χ4n) is 2.58. The molecule has 0 spiro atoms. The van der Waals surface area contributed by atoms with Gasteiger partial charge in [-0.05, 0) is 17.7 Å². The van der Waals surface area contributed by atoms with Gasteiger partial charge < -0.3 is 20.4 Å². The second-order valence-corrected chi connectivity index (χ2v) is 5.46. The largest absolute Gasteiger partial charge is 0.497 e. The quantitative estimate of drug-likeness (QED) is 0.734. The smallest absolute Gasteiger partial charge is 0.243 e. The third kappa shape index (κ3) is 3.50. The highest BCUT2D eigenvalue weighted by atomic mass is 16.5. The molecule has 2 amide bonds. The summed E-state index contributed by atoms with van der Waals surface area (Å²) >= 11 is 0. The van der Waals surface area contributed by atoms with E-state index in [0.29, 0.717) is 12.8 Å². The second-order valence-electron chi connectivity index (χ2n) is 5.46. The van der Waals surface area contributed by atoms with Crippen LogP contribution < -0.4 is 15.4 Å². The number of amides is 2. The van der Waals surface area contributed by atoms with Crippen molar-refractivity contribution in [2.24, 2.45) is 0 Å². The number of imidazole rings is 1. The van der Waals surface area contributed by atoms with Crippen molar-refractivity contribution in [3.63, 3.8) is 0 Å². The lowest BCUT2D eigenvalue weighted by atomic mass is 10.0. The van der Waals surface area contributed by atoms with Crippen LogP contribution in [0.3, 0.4) is 0 Å². The van der Waals surface area contributed by atoms with Gasteiger partial charge in [-0.1, -0.05) is 12.1 Å². The Balaban J connectivity index is 1.62. The van der Waals surface area contributed by atoms with Crippen molar-refractivity contribution in [3.8, 4) is 5.75 Å². The van der Waals surface area contributed by atoms with E-state index in [2.05, 4.69) is 20.6 Å². The zero-order valence-electron chi connectivity index (χ0n) is 12.7. The fraction of sp³-hybridized carbons (Fsp3) is 0.312. The van der Waals surface area contributed by atoms with Gasteiger partial charge >= 0.3 is 0 Å². The standard InChI is InChI=1S/C16H18N4O3/c1-23-12-4-2-10(3-5-12)6-13-15(21)20-14(16(22)19-13)7-11-8-17-9-18-11/h2-5,8-9,13-14H,6-7H2,1H3,(H,17,18)(H,19,22)(H,20,21)/t13-,14-/m0/s1. The number of hydrogen-bond donors (Lipinski definition) is 3. The average molecular weight is 314 g/mol. The lowest BCUT2D eigenvalue weighted by Gasteiger charge is -2.29. The minimum absolute atomic E-state index is 0.176. The van der Waals surface area contributed by atoms with Gasteiger partial charge in [0, 0.05) is 24.7 Å². The number of nitrogens with zero attached hydrogens (tertiary/aromatic N) is 1. The first-order chi connectivity index (χ1) is 11.2. The lowest BCUT2D eigenvalue weighted by Crippen LogP contribution is -2.62. The molecule has 1 fully saturated rings. The number of nitrogens with one attached hydrogen (secondary N) is 3. The SMILES string of the molecule is COc1ccc(C[C@@H]2NC(=O)[C@H](Cc3cnc[nH]3)NC2=O)cc1. The molecule has 2 atom stereocenters. The van der Waals surface area contributed by atoms with Gasteiger partial charge in [-0.25, -0.2) is 4.98 Å². The van der Waals surface area contributed by atoms with Crippen LogP contribution in [-0.2, 0) is 22.4 Å². The Morgan fingerprint density at radius 2 is 1.70 bits per heavy atom. The molecule has 1 aliphatic heterocycles. The van der Waals surface area contributed by atoms with Crippen molar-refractivity contribution in [2.75, 3.05) is 7.11 Å². The third-order valence-electron chi connectivity index (χ3n) is 3.84. The van der Waals surface area contributed by atoms with Crippen LogP contribution in [0, 0.1) is 0 Å². The number of piperazine rings is 1. The first kappa shape index (κ1) is 15.1. The van der Waals surface area contributed by atoms with Gasteiger partial charge in [-0.15, -0.1) is 0 Å². The number of aromatic amines is 1. The molecule has 1 saturated heterocycles. The van der Waals surface area contributed by atoms with E-state index in [1.807, 2.05) is 24.3 Å². The number of hydrogen-bond acceptors (Lipinski definition) is 4. The molecule has 1 aliphatic rings. The molecule has 0 unspecified atom stereocenters. The van der Waals surface area contributed by atoms with Gasteiger partial charge in [-0.3, -0.25) is 9.59 Å². The number of carbonyl (C=O) groups excluding carboxylic acids is 2. The van der Waals surface area contributed by atoms with Gasteiger partial charge in [0.15, 0.2) is 0 Å². The molecular formula is C16H18N4O3. The Labute approximate surface area is 133 Å². The normalized spacial score (nSPS) is 20.7. The van der Waals surface area contributed by atoms with E-state index in [1.165, 1.54) is 0 Å². The molecule has 0 radical (unpaired) electrons. The van der Waals surface area contributed by atoms with Crippen molar-refractivity contribution < 1.29 is 14.3 Å². The zero-order valence-corrected chi connectivity index (χ0v) is 12.7. The van der Waals surface area contributed by atoms with E-state index in [-0.39, 0.29) is 11.8 Å². The molecule has 3 N–H and O–H groups in total. The summed E-state index contributed by atoms with van der Waals surface area (Å²) in [6.07, 6.45) is 4.03. The zero-order chi connectivity index (χ0) is 16.2. The molecule has 7 nitrogen and oxygen atoms in total. The molecule has 2 heterocycles. The Hall–Kier alpha value is -2.83. The van der Waals surface area contributed by atoms with E-state index in [9.17, 15) is 9.59 Å². The molecule has 0 aliphatic carbocycles.